The molecule has 0 spiro atoms. The summed E-state index contributed by atoms with van der Waals surface area (Å²) in [6, 6.07) is 7.74. The van der Waals surface area contributed by atoms with Gasteiger partial charge in [0.15, 0.2) is 0 Å². The number of pyridine rings is 1. The molecule has 1 amide bonds. The molecule has 3 rings (SSSR count). The molecular formula is C19H22N2O3. The molecule has 1 saturated carbocycles. The Hall–Kier alpha value is -2.56. The molecule has 0 saturated heterocycles. The molecule has 0 bridgehead atoms. The van der Waals surface area contributed by atoms with Crippen molar-refractivity contribution in [2.45, 2.75) is 25.8 Å². The average Bonchev–Trinajstić information content (AvgIpc) is 3.40. The summed E-state index contributed by atoms with van der Waals surface area (Å²) in [5.74, 6) is 1.84. The van der Waals surface area contributed by atoms with Gasteiger partial charge in [-0.25, -0.2) is 0 Å². The van der Waals surface area contributed by atoms with Crippen molar-refractivity contribution < 1.29 is 14.3 Å². The van der Waals surface area contributed by atoms with Gasteiger partial charge in [-0.1, -0.05) is 6.07 Å². The molecule has 1 aliphatic carbocycles. The predicted octanol–water partition coefficient (Wildman–Crippen LogP) is 2.83. The van der Waals surface area contributed by atoms with Crippen LogP contribution in [0.25, 0.3) is 0 Å². The SMILES string of the molecule is COc1ccc(OC)c([C@@H]2C[C@@H]2C(=O)NCc2cncc(C)c2)c1. The lowest BCUT2D eigenvalue weighted by Gasteiger charge is -2.10. The summed E-state index contributed by atoms with van der Waals surface area (Å²) in [5, 5.41) is 3.00. The summed E-state index contributed by atoms with van der Waals surface area (Å²) >= 11 is 0. The zero-order valence-corrected chi connectivity index (χ0v) is 14.2. The quantitative estimate of drug-likeness (QED) is 0.887. The Morgan fingerprint density at radius 2 is 2.08 bits per heavy atom. The van der Waals surface area contributed by atoms with E-state index in [1.165, 1.54) is 0 Å². The first-order valence-electron chi connectivity index (χ1n) is 8.02. The summed E-state index contributed by atoms with van der Waals surface area (Å²) in [5.41, 5.74) is 3.14. The molecule has 126 valence electrons. The van der Waals surface area contributed by atoms with Gasteiger partial charge in [0.05, 0.1) is 14.2 Å². The van der Waals surface area contributed by atoms with Crippen molar-refractivity contribution in [3.05, 3.63) is 53.3 Å². The second-order valence-corrected chi connectivity index (χ2v) is 6.14. The van der Waals surface area contributed by atoms with E-state index >= 15 is 0 Å². The molecule has 1 aromatic heterocycles. The molecule has 1 aromatic carbocycles. The molecule has 5 heteroatoms. The second kappa shape index (κ2) is 6.91. The lowest BCUT2D eigenvalue weighted by molar-refractivity contribution is -0.122. The van der Waals surface area contributed by atoms with Gasteiger partial charge in [-0.3, -0.25) is 9.78 Å². The largest absolute Gasteiger partial charge is 0.497 e. The number of carbonyl (C=O) groups is 1. The number of amides is 1. The Kier molecular flexibility index (Phi) is 4.69. The molecule has 0 unspecified atom stereocenters. The molecular weight excluding hydrogens is 304 g/mol. The maximum atomic E-state index is 12.4. The number of benzene rings is 1. The van der Waals surface area contributed by atoms with Gasteiger partial charge in [-0.2, -0.15) is 0 Å². The van der Waals surface area contributed by atoms with E-state index in [0.717, 1.165) is 34.6 Å². The molecule has 1 N–H and O–H groups in total. The summed E-state index contributed by atoms with van der Waals surface area (Å²) in [6.45, 7) is 2.50. The fourth-order valence-electron chi connectivity index (χ4n) is 2.99. The highest BCUT2D eigenvalue weighted by atomic mass is 16.5. The number of carbonyl (C=O) groups excluding carboxylic acids is 1. The zero-order chi connectivity index (χ0) is 17.1. The normalized spacial score (nSPS) is 18.8. The van der Waals surface area contributed by atoms with Gasteiger partial charge in [0.25, 0.3) is 0 Å². The van der Waals surface area contributed by atoms with Crippen LogP contribution in [0.5, 0.6) is 11.5 Å². The standard InChI is InChI=1S/C19H22N2O3/c1-12-6-13(10-20-9-12)11-21-19(22)17-8-15(17)16-7-14(23-2)4-5-18(16)24-3/h4-7,9-10,15,17H,8,11H2,1-3H3,(H,21,22)/t15-,17-/m0/s1. The molecule has 2 aromatic rings. The first-order valence-corrected chi connectivity index (χ1v) is 8.02. The topological polar surface area (TPSA) is 60.5 Å². The Balaban J connectivity index is 1.63. The van der Waals surface area contributed by atoms with Crippen LogP contribution in [-0.4, -0.2) is 25.1 Å². The van der Waals surface area contributed by atoms with Crippen molar-refractivity contribution in [2.75, 3.05) is 14.2 Å². The van der Waals surface area contributed by atoms with Gasteiger partial charge >= 0.3 is 0 Å². The van der Waals surface area contributed by atoms with Crippen LogP contribution >= 0.6 is 0 Å². The Morgan fingerprint density at radius 3 is 2.79 bits per heavy atom. The van der Waals surface area contributed by atoms with E-state index in [4.69, 9.17) is 9.47 Å². The molecule has 1 aliphatic rings. The van der Waals surface area contributed by atoms with Crippen molar-refractivity contribution in [2.24, 2.45) is 5.92 Å². The van der Waals surface area contributed by atoms with Crippen LogP contribution in [0, 0.1) is 12.8 Å². The lowest BCUT2D eigenvalue weighted by Crippen LogP contribution is -2.25. The average molecular weight is 326 g/mol. The predicted molar refractivity (Wildman–Crippen MR) is 91.2 cm³/mol. The van der Waals surface area contributed by atoms with Crippen molar-refractivity contribution in [3.63, 3.8) is 0 Å². The summed E-state index contributed by atoms with van der Waals surface area (Å²) in [7, 11) is 3.28. The third-order valence-electron chi connectivity index (χ3n) is 4.36. The third kappa shape index (κ3) is 3.50. The van der Waals surface area contributed by atoms with Crippen LogP contribution in [0.4, 0.5) is 0 Å². The number of hydrogen-bond donors (Lipinski definition) is 1. The number of nitrogens with zero attached hydrogens (tertiary/aromatic N) is 1. The third-order valence-corrected chi connectivity index (χ3v) is 4.36. The van der Waals surface area contributed by atoms with Crippen molar-refractivity contribution >= 4 is 5.91 Å². The van der Waals surface area contributed by atoms with E-state index in [1.807, 2.05) is 31.2 Å². The number of ether oxygens (including phenoxy) is 2. The summed E-state index contributed by atoms with van der Waals surface area (Å²) in [6.07, 6.45) is 4.42. The van der Waals surface area contributed by atoms with Gasteiger partial charge in [0.2, 0.25) is 5.91 Å². The molecule has 0 aliphatic heterocycles. The maximum absolute atomic E-state index is 12.4. The minimum Gasteiger partial charge on any atom is -0.497 e. The first kappa shape index (κ1) is 16.3. The first-order chi connectivity index (χ1) is 11.6. The Labute approximate surface area is 142 Å². The minimum absolute atomic E-state index is 0.0104. The van der Waals surface area contributed by atoms with Crippen LogP contribution in [0.2, 0.25) is 0 Å². The van der Waals surface area contributed by atoms with Gasteiger partial charge in [0, 0.05) is 36.3 Å². The van der Waals surface area contributed by atoms with Crippen LogP contribution in [0.15, 0.2) is 36.7 Å². The molecule has 1 heterocycles. The van der Waals surface area contributed by atoms with E-state index in [1.54, 1.807) is 26.6 Å². The van der Waals surface area contributed by atoms with Crippen LogP contribution in [-0.2, 0) is 11.3 Å². The molecule has 2 atom stereocenters. The number of methoxy groups -OCH3 is 2. The fraction of sp³-hybridized carbons (Fsp3) is 0.368. The number of rotatable bonds is 6. The fourth-order valence-corrected chi connectivity index (χ4v) is 2.99. The molecule has 1 fully saturated rings. The second-order valence-electron chi connectivity index (χ2n) is 6.14. The van der Waals surface area contributed by atoms with Crippen LogP contribution in [0.1, 0.15) is 29.0 Å². The summed E-state index contributed by atoms with van der Waals surface area (Å²) in [4.78, 5) is 16.5. The maximum Gasteiger partial charge on any atom is 0.224 e. The van der Waals surface area contributed by atoms with E-state index in [0.29, 0.717) is 6.54 Å². The highest BCUT2D eigenvalue weighted by Gasteiger charge is 2.45. The minimum atomic E-state index is -0.0104. The highest BCUT2D eigenvalue weighted by Crippen LogP contribution is 2.51. The smallest absolute Gasteiger partial charge is 0.224 e. The van der Waals surface area contributed by atoms with Gasteiger partial charge in [-0.05, 0) is 42.7 Å². The van der Waals surface area contributed by atoms with Crippen LogP contribution < -0.4 is 14.8 Å². The summed E-state index contributed by atoms with van der Waals surface area (Å²) < 4.78 is 10.7. The van der Waals surface area contributed by atoms with E-state index < -0.39 is 0 Å². The van der Waals surface area contributed by atoms with E-state index in [-0.39, 0.29) is 17.7 Å². The number of aryl methyl sites for hydroxylation is 1. The van der Waals surface area contributed by atoms with Crippen molar-refractivity contribution in [3.8, 4) is 11.5 Å². The van der Waals surface area contributed by atoms with Gasteiger partial charge in [-0.15, -0.1) is 0 Å². The van der Waals surface area contributed by atoms with Gasteiger partial charge in [0.1, 0.15) is 11.5 Å². The van der Waals surface area contributed by atoms with Gasteiger partial charge < -0.3 is 14.8 Å². The molecule has 5 nitrogen and oxygen atoms in total. The van der Waals surface area contributed by atoms with Crippen LogP contribution in [0.3, 0.4) is 0 Å². The highest BCUT2D eigenvalue weighted by molar-refractivity contribution is 5.83. The number of hydrogen-bond acceptors (Lipinski definition) is 4. The number of nitrogens with one attached hydrogen (secondary N) is 1. The molecule has 24 heavy (non-hydrogen) atoms. The molecule has 0 radical (unpaired) electrons. The number of aromatic nitrogens is 1. The van der Waals surface area contributed by atoms with Crippen molar-refractivity contribution in [1.82, 2.24) is 10.3 Å². The Bertz CT molecular complexity index is 745. The lowest BCUT2D eigenvalue weighted by atomic mass is 10.1. The van der Waals surface area contributed by atoms with E-state index in [9.17, 15) is 4.79 Å². The monoisotopic (exact) mass is 326 g/mol. The Morgan fingerprint density at radius 1 is 1.25 bits per heavy atom. The zero-order valence-electron chi connectivity index (χ0n) is 14.2. The van der Waals surface area contributed by atoms with Crippen molar-refractivity contribution in [1.29, 1.82) is 0 Å². The van der Waals surface area contributed by atoms with E-state index in [2.05, 4.69) is 10.3 Å².